The second-order valence-corrected chi connectivity index (χ2v) is 24.3. The quantitative estimate of drug-likeness (QED) is 0.0373. The molecule has 0 aliphatic carbocycles. The van der Waals surface area contributed by atoms with Crippen molar-refractivity contribution in [1.29, 1.82) is 0 Å². The Morgan fingerprint density at radius 2 is 0.512 bits per heavy atom. The van der Waals surface area contributed by atoms with E-state index in [1.54, 1.807) is 0 Å². The average Bonchev–Trinajstić information content (AvgIpc) is 3.51. The second kappa shape index (κ2) is 73.8. The third-order valence-electron chi connectivity index (χ3n) is 16.1. The molecular weight excluding hydrogens is 1030 g/mol. The van der Waals surface area contributed by atoms with Crippen LogP contribution in [0.2, 0.25) is 0 Å². The van der Waals surface area contributed by atoms with Crippen LogP contribution in [-0.2, 0) is 19.1 Å². The Morgan fingerprint density at radius 1 is 0.286 bits per heavy atom. The monoisotopic (exact) mass is 1170 g/mol. The van der Waals surface area contributed by atoms with E-state index in [1.807, 2.05) is 0 Å². The van der Waals surface area contributed by atoms with E-state index in [0.29, 0.717) is 12.8 Å². The lowest BCUT2D eigenvalue weighted by molar-refractivity contribution is -0.161. The Morgan fingerprint density at radius 3 is 0.786 bits per heavy atom. The Balaban J connectivity index is 3.47. The molecule has 0 bridgehead atoms. The zero-order valence-electron chi connectivity index (χ0n) is 55.6. The number of carbonyl (C=O) groups is 2. The van der Waals surface area contributed by atoms with Gasteiger partial charge in [0.1, 0.15) is 6.61 Å². The highest BCUT2D eigenvalue weighted by atomic mass is 16.6. The molecule has 484 valence electrons. The third kappa shape index (κ3) is 71.0. The van der Waals surface area contributed by atoms with Crippen LogP contribution in [0.3, 0.4) is 0 Å². The van der Waals surface area contributed by atoms with E-state index in [2.05, 4.69) is 123 Å². The second-order valence-electron chi connectivity index (χ2n) is 24.3. The fourth-order valence-electron chi connectivity index (χ4n) is 10.6. The zero-order valence-corrected chi connectivity index (χ0v) is 55.6. The van der Waals surface area contributed by atoms with Crippen molar-refractivity contribution in [2.75, 3.05) is 13.2 Å². The molecule has 0 aromatic carbocycles. The van der Waals surface area contributed by atoms with E-state index >= 15 is 0 Å². The number of ether oxygens (including phenoxy) is 2. The van der Waals surface area contributed by atoms with Crippen molar-refractivity contribution in [2.45, 2.75) is 367 Å². The first-order valence-electron chi connectivity index (χ1n) is 36.4. The van der Waals surface area contributed by atoms with Crippen LogP contribution >= 0.6 is 0 Å². The van der Waals surface area contributed by atoms with Crippen LogP contribution in [-0.4, -0.2) is 36.4 Å². The van der Waals surface area contributed by atoms with Crippen molar-refractivity contribution in [3.8, 4) is 0 Å². The SMILES string of the molecule is CC/C=C\C/C=C\C/C=C\C/C=C\C/C=C\C/C=C\C/C=C\C/C=C\CCCCCCCCCCC(=O)OC(CO)COC(=O)CCCCCCCCCCCCCCCCCCCCCCCCCCC/C=C\CCCCCCCCCC. The van der Waals surface area contributed by atoms with Gasteiger partial charge in [-0.2, -0.15) is 0 Å². The number of aliphatic hydroxyl groups excluding tert-OH is 1. The van der Waals surface area contributed by atoms with Crippen molar-refractivity contribution in [3.05, 3.63) is 109 Å². The van der Waals surface area contributed by atoms with Crippen molar-refractivity contribution in [3.63, 3.8) is 0 Å². The van der Waals surface area contributed by atoms with Crippen molar-refractivity contribution >= 4 is 11.9 Å². The summed E-state index contributed by atoms with van der Waals surface area (Å²) >= 11 is 0. The molecule has 5 nitrogen and oxygen atoms in total. The highest BCUT2D eigenvalue weighted by Crippen LogP contribution is 2.18. The predicted molar refractivity (Wildman–Crippen MR) is 371 cm³/mol. The first kappa shape index (κ1) is 80.6. The number of aliphatic hydroxyl groups is 1. The summed E-state index contributed by atoms with van der Waals surface area (Å²) in [6.07, 6.45) is 107. The third-order valence-corrected chi connectivity index (χ3v) is 16.1. The molecule has 0 saturated heterocycles. The van der Waals surface area contributed by atoms with Gasteiger partial charge < -0.3 is 14.6 Å². The maximum Gasteiger partial charge on any atom is 0.306 e. The minimum Gasteiger partial charge on any atom is -0.462 e. The van der Waals surface area contributed by atoms with E-state index in [9.17, 15) is 14.7 Å². The highest BCUT2D eigenvalue weighted by Gasteiger charge is 2.16. The molecule has 1 N–H and O–H groups in total. The van der Waals surface area contributed by atoms with Gasteiger partial charge in [-0.1, -0.05) is 354 Å². The van der Waals surface area contributed by atoms with E-state index < -0.39 is 6.10 Å². The summed E-state index contributed by atoms with van der Waals surface area (Å²) in [4.78, 5) is 24.7. The number of rotatable bonds is 67. The van der Waals surface area contributed by atoms with E-state index in [-0.39, 0.29) is 25.2 Å². The summed E-state index contributed by atoms with van der Waals surface area (Å²) in [7, 11) is 0. The zero-order chi connectivity index (χ0) is 60.5. The number of unbranched alkanes of at least 4 members (excludes halogenated alkanes) is 41. The van der Waals surface area contributed by atoms with Gasteiger partial charge in [-0.15, -0.1) is 0 Å². The molecule has 0 aliphatic rings. The molecule has 0 aromatic rings. The lowest BCUT2D eigenvalue weighted by Crippen LogP contribution is -2.28. The van der Waals surface area contributed by atoms with Gasteiger partial charge in [0.25, 0.3) is 0 Å². The molecule has 84 heavy (non-hydrogen) atoms. The molecule has 0 fully saturated rings. The van der Waals surface area contributed by atoms with Crippen LogP contribution in [0.5, 0.6) is 0 Å². The molecule has 0 radical (unpaired) electrons. The first-order valence-corrected chi connectivity index (χ1v) is 36.4. The van der Waals surface area contributed by atoms with Crippen LogP contribution in [0.15, 0.2) is 109 Å². The summed E-state index contributed by atoms with van der Waals surface area (Å²) < 4.78 is 10.8. The van der Waals surface area contributed by atoms with Crippen LogP contribution < -0.4 is 0 Å². The lowest BCUT2D eigenvalue weighted by atomic mass is 10.0. The van der Waals surface area contributed by atoms with Crippen molar-refractivity contribution in [2.24, 2.45) is 0 Å². The predicted octanol–water partition coefficient (Wildman–Crippen LogP) is 25.5. The van der Waals surface area contributed by atoms with Gasteiger partial charge in [0.05, 0.1) is 6.61 Å². The van der Waals surface area contributed by atoms with Gasteiger partial charge in [-0.05, 0) is 103 Å². The fourth-order valence-corrected chi connectivity index (χ4v) is 10.6. The number of hydrogen-bond donors (Lipinski definition) is 1. The van der Waals surface area contributed by atoms with E-state index in [0.717, 1.165) is 96.3 Å². The minimum absolute atomic E-state index is 0.0711. The van der Waals surface area contributed by atoms with Gasteiger partial charge in [0.2, 0.25) is 0 Å². The molecule has 0 amide bonds. The van der Waals surface area contributed by atoms with Gasteiger partial charge in [-0.25, -0.2) is 0 Å². The maximum absolute atomic E-state index is 12.4. The first-order chi connectivity index (χ1) is 41.6. The molecule has 0 saturated carbocycles. The maximum atomic E-state index is 12.4. The minimum atomic E-state index is -0.784. The summed E-state index contributed by atoms with van der Waals surface area (Å²) in [5.74, 6) is -0.591. The van der Waals surface area contributed by atoms with E-state index in [4.69, 9.17) is 9.47 Å². The molecule has 0 heterocycles. The Labute approximate surface area is 522 Å². The Kier molecular flexibility index (Phi) is 70.8. The molecule has 5 heteroatoms. The topological polar surface area (TPSA) is 72.8 Å². The number of hydrogen-bond acceptors (Lipinski definition) is 5. The standard InChI is InChI=1S/C79H138O5/c1-3-5-7-9-11-13-15-17-19-21-23-25-27-29-31-33-35-37-38-39-40-42-43-45-47-49-51-53-55-57-59-61-63-65-67-69-71-73-78(81)83-76-77(75-80)84-79(82)74-72-70-68-66-64-62-60-58-56-54-52-50-48-46-44-41-36-34-32-30-28-26-24-22-20-18-16-14-12-10-8-6-4-2/h6,8,12,14,18,20-21,23-24,26,30,32,36,41,46,48,52,54,77,80H,3-5,7,9-11,13,15-17,19,22,25,27-29,31,33-35,37-40,42-45,47,49-51,53,55-76H2,1-2H3/b8-6-,14-12-,20-18-,23-21-,26-24-,32-30-,41-36-,48-46-,54-52-. The largest absolute Gasteiger partial charge is 0.462 e. The smallest absolute Gasteiger partial charge is 0.306 e. The van der Waals surface area contributed by atoms with Gasteiger partial charge in [-0.3, -0.25) is 9.59 Å². The highest BCUT2D eigenvalue weighted by molar-refractivity contribution is 5.70. The molecule has 0 aromatic heterocycles. The summed E-state index contributed by atoms with van der Waals surface area (Å²) in [5.41, 5.74) is 0. The fraction of sp³-hybridized carbons (Fsp3) is 0.747. The van der Waals surface area contributed by atoms with Crippen LogP contribution in [0.4, 0.5) is 0 Å². The normalized spacial score (nSPS) is 12.8. The van der Waals surface area contributed by atoms with Crippen molar-refractivity contribution < 1.29 is 24.2 Å². The molecule has 0 rings (SSSR count). The molecular formula is C79H138O5. The molecule has 1 unspecified atom stereocenters. The van der Waals surface area contributed by atoms with Crippen LogP contribution in [0.1, 0.15) is 361 Å². The number of esters is 2. The lowest BCUT2D eigenvalue weighted by Gasteiger charge is -2.15. The Hall–Kier alpha value is -3.44. The Bertz CT molecular complexity index is 1610. The number of allylic oxidation sites excluding steroid dienone is 18. The molecule has 0 spiro atoms. The van der Waals surface area contributed by atoms with Crippen molar-refractivity contribution in [1.82, 2.24) is 0 Å². The van der Waals surface area contributed by atoms with Crippen LogP contribution in [0, 0.1) is 0 Å². The van der Waals surface area contributed by atoms with Gasteiger partial charge in [0.15, 0.2) is 6.10 Å². The number of carbonyl (C=O) groups excluding carboxylic acids is 2. The van der Waals surface area contributed by atoms with E-state index in [1.165, 1.54) is 238 Å². The van der Waals surface area contributed by atoms with Crippen LogP contribution in [0.25, 0.3) is 0 Å². The summed E-state index contributed by atoms with van der Waals surface area (Å²) in [6, 6.07) is 0. The molecule has 1 atom stereocenters. The summed E-state index contributed by atoms with van der Waals surface area (Å²) in [6.45, 7) is 4.05. The average molecular weight is 1170 g/mol. The van der Waals surface area contributed by atoms with Gasteiger partial charge >= 0.3 is 11.9 Å². The van der Waals surface area contributed by atoms with Gasteiger partial charge in [0, 0.05) is 12.8 Å². The molecule has 0 aliphatic heterocycles. The summed E-state index contributed by atoms with van der Waals surface area (Å²) in [5, 5.41) is 9.71.